The lowest BCUT2D eigenvalue weighted by atomic mass is 9.99. The van der Waals surface area contributed by atoms with E-state index in [9.17, 15) is 22.8 Å². The third kappa shape index (κ3) is 3.87. The van der Waals surface area contributed by atoms with Crippen molar-refractivity contribution >= 4 is 34.3 Å². The molecule has 27 heavy (non-hydrogen) atoms. The number of carbonyl (C=O) groups excluding carboxylic acids is 1. The number of para-hydroxylation sites is 1. The van der Waals surface area contributed by atoms with Crippen LogP contribution in [0.15, 0.2) is 60.7 Å². The number of pyridine rings is 1. The highest BCUT2D eigenvalue weighted by Crippen LogP contribution is 2.33. The van der Waals surface area contributed by atoms with E-state index in [1.54, 1.807) is 30.3 Å². The van der Waals surface area contributed by atoms with Gasteiger partial charge in [0.05, 0.1) is 22.3 Å². The number of carboxylic acid groups (broad SMARTS) is 1. The van der Waals surface area contributed by atoms with Crippen LogP contribution in [-0.2, 0) is 15.8 Å². The first kappa shape index (κ1) is 18.3. The minimum absolute atomic E-state index is 0.0157. The van der Waals surface area contributed by atoms with Gasteiger partial charge in [-0.1, -0.05) is 42.5 Å². The molecule has 0 aliphatic rings. The molecule has 3 rings (SSSR count). The quantitative estimate of drug-likeness (QED) is 0.544. The van der Waals surface area contributed by atoms with Crippen molar-refractivity contribution in [3.63, 3.8) is 0 Å². The van der Waals surface area contributed by atoms with Crippen molar-refractivity contribution in [2.75, 3.05) is 0 Å². The standard InChI is InChI=1S/C20H12F3NO3/c21-20(22,23)15-7-3-1-6-13(15)11-14(18(25)19(26)27)17-10-9-12-5-2-4-8-16(12)24-17/h1-11H,(H,26,27). The average Bonchev–Trinajstić information content (AvgIpc) is 2.64. The number of halogens is 3. The van der Waals surface area contributed by atoms with Gasteiger partial charge in [0.2, 0.25) is 0 Å². The largest absolute Gasteiger partial charge is 0.475 e. The normalized spacial score (nSPS) is 12.2. The Morgan fingerprint density at radius 3 is 2.30 bits per heavy atom. The number of nitrogens with zero attached hydrogens (tertiary/aromatic N) is 1. The number of aliphatic carboxylic acids is 1. The van der Waals surface area contributed by atoms with Crippen molar-refractivity contribution in [2.24, 2.45) is 0 Å². The van der Waals surface area contributed by atoms with Crippen LogP contribution in [0.5, 0.6) is 0 Å². The molecule has 7 heteroatoms. The van der Waals surface area contributed by atoms with Gasteiger partial charge in [-0.15, -0.1) is 0 Å². The first-order valence-corrected chi connectivity index (χ1v) is 7.79. The first-order chi connectivity index (χ1) is 12.8. The van der Waals surface area contributed by atoms with Crippen LogP contribution >= 0.6 is 0 Å². The second-order valence-corrected chi connectivity index (χ2v) is 5.67. The summed E-state index contributed by atoms with van der Waals surface area (Å²) in [5.41, 5.74) is -1.24. The molecule has 1 aromatic heterocycles. The van der Waals surface area contributed by atoms with E-state index in [0.717, 1.165) is 17.5 Å². The Kier molecular flexibility index (Phi) is 4.77. The second-order valence-electron chi connectivity index (χ2n) is 5.67. The molecule has 2 aromatic carbocycles. The number of benzene rings is 2. The lowest BCUT2D eigenvalue weighted by molar-refractivity contribution is -0.146. The van der Waals surface area contributed by atoms with Crippen LogP contribution in [0.1, 0.15) is 16.8 Å². The molecular weight excluding hydrogens is 359 g/mol. The highest BCUT2D eigenvalue weighted by atomic mass is 19.4. The van der Waals surface area contributed by atoms with Crippen LogP contribution in [0.2, 0.25) is 0 Å². The number of carbonyl (C=O) groups is 2. The Labute approximate surface area is 151 Å². The molecule has 0 radical (unpaired) electrons. The second kappa shape index (κ2) is 7.03. The summed E-state index contributed by atoms with van der Waals surface area (Å²) in [6.07, 6.45) is -3.74. The van der Waals surface area contributed by atoms with Gasteiger partial charge >= 0.3 is 12.1 Å². The maximum absolute atomic E-state index is 13.2. The number of hydrogen-bond donors (Lipinski definition) is 1. The minimum Gasteiger partial charge on any atom is -0.475 e. The molecule has 136 valence electrons. The third-order valence-corrected chi connectivity index (χ3v) is 3.88. The van der Waals surface area contributed by atoms with E-state index in [1.165, 1.54) is 24.3 Å². The van der Waals surface area contributed by atoms with Gasteiger partial charge in [-0.05, 0) is 29.8 Å². The molecule has 0 atom stereocenters. The van der Waals surface area contributed by atoms with Gasteiger partial charge in [-0.3, -0.25) is 4.79 Å². The van der Waals surface area contributed by atoms with Gasteiger partial charge in [0.25, 0.3) is 5.78 Å². The van der Waals surface area contributed by atoms with Gasteiger partial charge in [0.15, 0.2) is 0 Å². The summed E-state index contributed by atoms with van der Waals surface area (Å²) in [6.45, 7) is 0. The van der Waals surface area contributed by atoms with Gasteiger partial charge in [0.1, 0.15) is 0 Å². The number of Topliss-reactive ketones (excluding diaryl/α,β-unsaturated/α-hetero) is 1. The number of aromatic nitrogens is 1. The smallest absolute Gasteiger partial charge is 0.416 e. The molecule has 0 aliphatic heterocycles. The predicted molar refractivity (Wildman–Crippen MR) is 93.7 cm³/mol. The summed E-state index contributed by atoms with van der Waals surface area (Å²) >= 11 is 0. The molecule has 4 nitrogen and oxygen atoms in total. The summed E-state index contributed by atoms with van der Waals surface area (Å²) in [7, 11) is 0. The maximum Gasteiger partial charge on any atom is 0.416 e. The third-order valence-electron chi connectivity index (χ3n) is 3.88. The topological polar surface area (TPSA) is 67.3 Å². The molecule has 0 fully saturated rings. The van der Waals surface area contributed by atoms with Gasteiger partial charge in [-0.2, -0.15) is 13.2 Å². The minimum atomic E-state index is -4.65. The number of rotatable bonds is 4. The van der Waals surface area contributed by atoms with E-state index in [1.807, 2.05) is 0 Å². The lowest BCUT2D eigenvalue weighted by Gasteiger charge is -2.11. The number of carboxylic acids is 1. The Morgan fingerprint density at radius 2 is 1.59 bits per heavy atom. The first-order valence-electron chi connectivity index (χ1n) is 7.79. The lowest BCUT2D eigenvalue weighted by Crippen LogP contribution is -2.15. The molecule has 3 aromatic rings. The Hall–Kier alpha value is -3.48. The van der Waals surface area contributed by atoms with Crippen LogP contribution in [0.25, 0.3) is 22.6 Å². The van der Waals surface area contributed by atoms with Crippen molar-refractivity contribution in [3.05, 3.63) is 77.5 Å². The number of fused-ring (bicyclic) bond motifs is 1. The molecule has 0 amide bonds. The fourth-order valence-electron chi connectivity index (χ4n) is 2.62. The molecule has 0 spiro atoms. The molecular formula is C20H12F3NO3. The van der Waals surface area contributed by atoms with E-state index >= 15 is 0 Å². The van der Waals surface area contributed by atoms with Crippen LogP contribution in [0, 0.1) is 0 Å². The summed E-state index contributed by atoms with van der Waals surface area (Å²) < 4.78 is 39.7. The molecule has 0 saturated heterocycles. The van der Waals surface area contributed by atoms with Crippen molar-refractivity contribution < 1.29 is 27.9 Å². The SMILES string of the molecule is O=C(O)C(=O)C(=Cc1ccccc1C(F)(F)F)c1ccc2ccccc2n1. The summed E-state index contributed by atoms with van der Waals surface area (Å²) in [5, 5.41) is 9.84. The zero-order valence-electron chi connectivity index (χ0n) is 13.7. The highest BCUT2D eigenvalue weighted by molar-refractivity contribution is 6.52. The van der Waals surface area contributed by atoms with Crippen molar-refractivity contribution in [1.82, 2.24) is 4.98 Å². The summed E-state index contributed by atoms with van der Waals surface area (Å²) in [5.74, 6) is -3.12. The fourth-order valence-corrected chi connectivity index (χ4v) is 2.62. The molecule has 0 unspecified atom stereocenters. The Balaban J connectivity index is 2.22. The van der Waals surface area contributed by atoms with Crippen molar-refractivity contribution in [1.29, 1.82) is 0 Å². The van der Waals surface area contributed by atoms with Crippen LogP contribution in [-0.4, -0.2) is 21.8 Å². The molecule has 0 saturated carbocycles. The molecule has 0 aliphatic carbocycles. The monoisotopic (exact) mass is 371 g/mol. The van der Waals surface area contributed by atoms with Gasteiger partial charge < -0.3 is 5.11 Å². The van der Waals surface area contributed by atoms with Gasteiger partial charge in [0, 0.05) is 5.39 Å². The van der Waals surface area contributed by atoms with Crippen LogP contribution < -0.4 is 0 Å². The van der Waals surface area contributed by atoms with Crippen LogP contribution in [0.4, 0.5) is 13.2 Å². The molecule has 1 heterocycles. The van der Waals surface area contributed by atoms with E-state index in [0.29, 0.717) is 5.52 Å². The van der Waals surface area contributed by atoms with Crippen molar-refractivity contribution in [2.45, 2.75) is 6.18 Å². The van der Waals surface area contributed by atoms with Crippen molar-refractivity contribution in [3.8, 4) is 0 Å². The average molecular weight is 371 g/mol. The Morgan fingerprint density at radius 1 is 0.926 bits per heavy atom. The summed E-state index contributed by atoms with van der Waals surface area (Å²) in [6, 6.07) is 14.6. The zero-order chi connectivity index (χ0) is 19.6. The van der Waals surface area contributed by atoms with Crippen LogP contribution in [0.3, 0.4) is 0 Å². The number of ketones is 1. The Bertz CT molecular complexity index is 1070. The van der Waals surface area contributed by atoms with E-state index in [4.69, 9.17) is 5.11 Å². The van der Waals surface area contributed by atoms with Gasteiger partial charge in [-0.25, -0.2) is 9.78 Å². The molecule has 1 N–H and O–H groups in total. The number of alkyl halides is 3. The van der Waals surface area contributed by atoms with E-state index in [-0.39, 0.29) is 11.3 Å². The molecule has 0 bridgehead atoms. The highest BCUT2D eigenvalue weighted by Gasteiger charge is 2.33. The van der Waals surface area contributed by atoms with E-state index < -0.39 is 29.1 Å². The van der Waals surface area contributed by atoms with E-state index in [2.05, 4.69) is 4.98 Å². The zero-order valence-corrected chi connectivity index (χ0v) is 13.7. The summed E-state index contributed by atoms with van der Waals surface area (Å²) in [4.78, 5) is 27.6. The number of hydrogen-bond acceptors (Lipinski definition) is 3. The maximum atomic E-state index is 13.2. The fraction of sp³-hybridized carbons (Fsp3) is 0.0500. The predicted octanol–water partition coefficient (Wildman–Crippen LogP) is 4.45.